The van der Waals surface area contributed by atoms with Gasteiger partial charge in [-0.15, -0.1) is 0 Å². The summed E-state index contributed by atoms with van der Waals surface area (Å²) in [5.41, 5.74) is -0.765. The first-order chi connectivity index (χ1) is 11.5. The quantitative estimate of drug-likeness (QED) is 0.390. The van der Waals surface area contributed by atoms with Crippen molar-refractivity contribution in [1.29, 1.82) is 0 Å². The van der Waals surface area contributed by atoms with Crippen LogP contribution in [0, 0.1) is 22.7 Å². The minimum Gasteiger partial charge on any atom is -0.299 e. The Hall–Kier alpha value is -0.801. The van der Waals surface area contributed by atoms with Crippen LogP contribution in [0.15, 0.2) is 0 Å². The van der Waals surface area contributed by atoms with Crippen molar-refractivity contribution in [3.8, 4) is 0 Å². The van der Waals surface area contributed by atoms with Gasteiger partial charge in [0.05, 0.1) is 12.8 Å². The van der Waals surface area contributed by atoms with Gasteiger partial charge < -0.3 is 0 Å². The standard InChI is InChI=1S/2C11H20O2.Cu/c2*1-8(2)6-9(12)7-10(13)11(3,4)5;/h2*8H,6-7H2,1-5H3;. The van der Waals surface area contributed by atoms with Gasteiger partial charge >= 0.3 is 0 Å². The van der Waals surface area contributed by atoms with Crippen molar-refractivity contribution < 1.29 is 36.2 Å². The van der Waals surface area contributed by atoms with Crippen LogP contribution in [0.2, 0.25) is 0 Å². The molecule has 0 fully saturated rings. The van der Waals surface area contributed by atoms with Crippen LogP contribution in [0.1, 0.15) is 94.9 Å². The van der Waals surface area contributed by atoms with Crippen molar-refractivity contribution in [3.63, 3.8) is 0 Å². The fourth-order valence-electron chi connectivity index (χ4n) is 1.94. The third-order valence-electron chi connectivity index (χ3n) is 3.66. The van der Waals surface area contributed by atoms with Gasteiger partial charge in [-0.2, -0.15) is 0 Å². The van der Waals surface area contributed by atoms with Gasteiger partial charge in [0.15, 0.2) is 0 Å². The van der Waals surface area contributed by atoms with Crippen molar-refractivity contribution in [1.82, 2.24) is 0 Å². The van der Waals surface area contributed by atoms with Gasteiger partial charge in [-0.05, 0) is 11.8 Å². The van der Waals surface area contributed by atoms with Crippen LogP contribution in [0.4, 0.5) is 0 Å². The molecular formula is C22H40CuO4. The topological polar surface area (TPSA) is 68.3 Å². The minimum absolute atomic E-state index is 0. The first-order valence-corrected chi connectivity index (χ1v) is 9.56. The van der Waals surface area contributed by atoms with Crippen LogP contribution in [0.5, 0.6) is 0 Å². The van der Waals surface area contributed by atoms with Crippen molar-refractivity contribution >= 4 is 23.1 Å². The van der Waals surface area contributed by atoms with E-state index in [9.17, 15) is 19.2 Å². The van der Waals surface area contributed by atoms with Gasteiger partial charge in [-0.1, -0.05) is 69.2 Å². The molecule has 0 aliphatic carbocycles. The number of carbonyl (C=O) groups excluding carboxylic acids is 4. The van der Waals surface area contributed by atoms with Gasteiger partial charge in [-0.25, -0.2) is 0 Å². The van der Waals surface area contributed by atoms with Gasteiger partial charge in [-0.3, -0.25) is 19.2 Å². The van der Waals surface area contributed by atoms with Crippen LogP contribution < -0.4 is 0 Å². The van der Waals surface area contributed by atoms with Crippen molar-refractivity contribution in [2.24, 2.45) is 22.7 Å². The van der Waals surface area contributed by atoms with Gasteiger partial charge in [0.1, 0.15) is 23.1 Å². The maximum absolute atomic E-state index is 11.4. The SMILES string of the molecule is CC(C)CC(=O)CC(=O)C(C)(C)C.CC(C)CC(=O)CC(=O)C(C)(C)C.[Cu]. The molecule has 0 saturated carbocycles. The largest absolute Gasteiger partial charge is 0.299 e. The molecule has 0 atom stereocenters. The Kier molecular flexibility index (Phi) is 15.3. The Morgan fingerprint density at radius 3 is 0.963 bits per heavy atom. The number of hydrogen-bond acceptors (Lipinski definition) is 4. The van der Waals surface area contributed by atoms with Gasteiger partial charge in [0.25, 0.3) is 0 Å². The number of Topliss-reactive ketones (excluding diaryl/α,β-unsaturated/α-hetero) is 4. The zero-order valence-electron chi connectivity index (χ0n) is 18.9. The molecule has 0 amide bonds. The summed E-state index contributed by atoms with van der Waals surface area (Å²) < 4.78 is 0. The average Bonchev–Trinajstić information content (AvgIpc) is 2.34. The van der Waals surface area contributed by atoms with E-state index in [0.717, 1.165) is 0 Å². The van der Waals surface area contributed by atoms with E-state index < -0.39 is 0 Å². The monoisotopic (exact) mass is 431 g/mol. The molecule has 0 saturated heterocycles. The Labute approximate surface area is 177 Å². The second-order valence-corrected chi connectivity index (χ2v) is 9.97. The molecule has 0 aliphatic heterocycles. The molecule has 4 nitrogen and oxygen atoms in total. The predicted octanol–water partition coefficient (Wildman–Crippen LogP) is 5.21. The zero-order chi connectivity index (χ0) is 21.3. The second kappa shape index (κ2) is 13.4. The van der Waals surface area contributed by atoms with E-state index in [-0.39, 0.29) is 63.9 Å². The Bertz CT molecular complexity index is 445. The molecule has 0 aromatic carbocycles. The molecule has 5 heteroatoms. The van der Waals surface area contributed by atoms with E-state index in [1.165, 1.54) is 0 Å². The fraction of sp³-hybridized carbons (Fsp3) is 0.818. The maximum Gasteiger partial charge on any atom is 0.145 e. The Morgan fingerprint density at radius 1 is 0.593 bits per heavy atom. The Balaban J connectivity index is -0.000000411. The molecule has 0 N–H and O–H groups in total. The van der Waals surface area contributed by atoms with Crippen molar-refractivity contribution in [3.05, 3.63) is 0 Å². The summed E-state index contributed by atoms with van der Waals surface area (Å²) in [5, 5.41) is 0. The van der Waals surface area contributed by atoms with Gasteiger partial charge in [0, 0.05) is 40.7 Å². The summed E-state index contributed by atoms with van der Waals surface area (Å²) in [6.45, 7) is 19.0. The zero-order valence-corrected chi connectivity index (χ0v) is 19.9. The third-order valence-corrected chi connectivity index (χ3v) is 3.66. The molecule has 0 unspecified atom stereocenters. The summed E-state index contributed by atoms with van der Waals surface area (Å²) in [6.07, 6.45) is 1.23. The van der Waals surface area contributed by atoms with E-state index in [0.29, 0.717) is 24.7 Å². The van der Waals surface area contributed by atoms with Crippen molar-refractivity contribution in [2.45, 2.75) is 94.9 Å². The molecular weight excluding hydrogens is 392 g/mol. The molecule has 0 rings (SSSR count). The molecule has 1 radical (unpaired) electrons. The molecule has 0 aliphatic rings. The van der Waals surface area contributed by atoms with E-state index in [2.05, 4.69) is 0 Å². The molecule has 0 spiro atoms. The van der Waals surface area contributed by atoms with Crippen LogP contribution in [-0.4, -0.2) is 23.1 Å². The third kappa shape index (κ3) is 18.3. The summed E-state index contributed by atoms with van der Waals surface area (Å²) in [5.74, 6) is 0.904. The van der Waals surface area contributed by atoms with Crippen LogP contribution in [-0.2, 0) is 36.2 Å². The summed E-state index contributed by atoms with van der Waals surface area (Å²) >= 11 is 0. The molecule has 0 bridgehead atoms. The molecule has 27 heavy (non-hydrogen) atoms. The first kappa shape index (κ1) is 30.9. The van der Waals surface area contributed by atoms with Crippen LogP contribution in [0.3, 0.4) is 0 Å². The number of carbonyl (C=O) groups is 4. The minimum atomic E-state index is -0.382. The molecule has 0 heterocycles. The average molecular weight is 432 g/mol. The summed E-state index contributed by atoms with van der Waals surface area (Å²) in [6, 6.07) is 0. The summed E-state index contributed by atoms with van der Waals surface area (Å²) in [4.78, 5) is 45.5. The van der Waals surface area contributed by atoms with Crippen LogP contribution >= 0.6 is 0 Å². The summed E-state index contributed by atoms with van der Waals surface area (Å²) in [7, 11) is 0. The smallest absolute Gasteiger partial charge is 0.145 e. The second-order valence-electron chi connectivity index (χ2n) is 9.97. The number of ketones is 4. The van der Waals surface area contributed by atoms with Crippen molar-refractivity contribution in [2.75, 3.05) is 0 Å². The van der Waals surface area contributed by atoms with E-state index in [1.54, 1.807) is 0 Å². The maximum atomic E-state index is 11.4. The molecule has 0 aromatic heterocycles. The number of hydrogen-bond donors (Lipinski definition) is 0. The normalized spacial score (nSPS) is 11.4. The van der Waals surface area contributed by atoms with E-state index in [4.69, 9.17) is 0 Å². The predicted molar refractivity (Wildman–Crippen MR) is 107 cm³/mol. The number of rotatable bonds is 8. The van der Waals surface area contributed by atoms with Crippen LogP contribution in [0.25, 0.3) is 0 Å². The Morgan fingerprint density at radius 2 is 0.815 bits per heavy atom. The van der Waals surface area contributed by atoms with E-state index >= 15 is 0 Å². The molecule has 163 valence electrons. The first-order valence-electron chi connectivity index (χ1n) is 9.56. The van der Waals surface area contributed by atoms with E-state index in [1.807, 2.05) is 69.2 Å². The fourth-order valence-corrected chi connectivity index (χ4v) is 1.94. The van der Waals surface area contributed by atoms with Gasteiger partial charge in [0.2, 0.25) is 0 Å². The molecule has 0 aromatic rings.